The van der Waals surface area contributed by atoms with Crippen molar-refractivity contribution in [2.75, 3.05) is 49.5 Å². The first-order valence-corrected chi connectivity index (χ1v) is 9.45. The number of benzene rings is 1. The summed E-state index contributed by atoms with van der Waals surface area (Å²) in [7, 11) is 0. The summed E-state index contributed by atoms with van der Waals surface area (Å²) in [6, 6.07) is 7.93. The summed E-state index contributed by atoms with van der Waals surface area (Å²) < 4.78 is 0. The first-order valence-electron chi connectivity index (χ1n) is 9.45. The molecule has 1 heterocycles. The molecule has 0 bridgehead atoms. The second-order valence-corrected chi connectivity index (χ2v) is 7.74. The van der Waals surface area contributed by atoms with Gasteiger partial charge < -0.3 is 20.4 Å². The van der Waals surface area contributed by atoms with E-state index in [4.69, 9.17) is 0 Å². The van der Waals surface area contributed by atoms with Crippen LogP contribution in [0.3, 0.4) is 0 Å². The van der Waals surface area contributed by atoms with Crippen LogP contribution in [0.1, 0.15) is 34.1 Å². The van der Waals surface area contributed by atoms with Crippen molar-refractivity contribution in [1.29, 1.82) is 0 Å². The van der Waals surface area contributed by atoms with Gasteiger partial charge in [-0.25, -0.2) is 0 Å². The largest absolute Gasteiger partial charge is 0.367 e. The van der Waals surface area contributed by atoms with E-state index in [1.807, 2.05) is 39.0 Å². The Morgan fingerprint density at radius 1 is 1.08 bits per heavy atom. The minimum atomic E-state index is -0.441. The van der Waals surface area contributed by atoms with Gasteiger partial charge in [-0.15, -0.1) is 0 Å². The molecule has 26 heavy (non-hydrogen) atoms. The van der Waals surface area contributed by atoms with Gasteiger partial charge in [0, 0.05) is 44.6 Å². The highest BCUT2D eigenvalue weighted by molar-refractivity contribution is 5.94. The maximum absolute atomic E-state index is 12.3. The molecule has 0 spiro atoms. The van der Waals surface area contributed by atoms with Crippen molar-refractivity contribution in [2.45, 2.75) is 34.1 Å². The standard InChI is InChI=1S/C20H32N4O2/c1-5-23-12-14-24(15-13-23)17-9-7-6-8-16(17)22-18(25)10-11-21-19(26)20(2,3)4/h6-9H,5,10-15H2,1-4H3,(H,21,26)(H,22,25). The summed E-state index contributed by atoms with van der Waals surface area (Å²) in [5, 5.41) is 5.81. The molecule has 2 rings (SSSR count). The van der Waals surface area contributed by atoms with Crippen molar-refractivity contribution >= 4 is 23.2 Å². The van der Waals surface area contributed by atoms with Crippen LogP contribution in [0.15, 0.2) is 24.3 Å². The SMILES string of the molecule is CCN1CCN(c2ccccc2NC(=O)CCNC(=O)C(C)(C)C)CC1. The lowest BCUT2D eigenvalue weighted by Gasteiger charge is -2.36. The summed E-state index contributed by atoms with van der Waals surface area (Å²) >= 11 is 0. The molecule has 0 radical (unpaired) electrons. The smallest absolute Gasteiger partial charge is 0.226 e. The number of amides is 2. The van der Waals surface area contributed by atoms with E-state index in [9.17, 15) is 9.59 Å². The Morgan fingerprint density at radius 3 is 2.35 bits per heavy atom. The van der Waals surface area contributed by atoms with Gasteiger partial charge in [-0.1, -0.05) is 39.8 Å². The van der Waals surface area contributed by atoms with Gasteiger partial charge in [0.1, 0.15) is 0 Å². The minimum Gasteiger partial charge on any atom is -0.367 e. The Labute approximate surface area is 156 Å². The quantitative estimate of drug-likeness (QED) is 0.817. The fraction of sp³-hybridized carbons (Fsp3) is 0.600. The number of likely N-dealkylation sites (N-methyl/N-ethyl adjacent to an activating group) is 1. The molecule has 0 aromatic heterocycles. The van der Waals surface area contributed by atoms with Crippen LogP contribution < -0.4 is 15.5 Å². The average molecular weight is 361 g/mol. The topological polar surface area (TPSA) is 64.7 Å². The number of hydrogen-bond acceptors (Lipinski definition) is 4. The van der Waals surface area contributed by atoms with Crippen LogP contribution in [0.25, 0.3) is 0 Å². The molecule has 1 aliphatic heterocycles. The molecule has 0 atom stereocenters. The van der Waals surface area contributed by atoms with E-state index in [1.165, 1.54) is 0 Å². The lowest BCUT2D eigenvalue weighted by molar-refractivity contribution is -0.128. The third-order valence-electron chi connectivity index (χ3n) is 4.66. The van der Waals surface area contributed by atoms with Gasteiger partial charge in [0.2, 0.25) is 11.8 Å². The molecule has 1 aromatic carbocycles. The fourth-order valence-corrected chi connectivity index (χ4v) is 2.93. The number of piperazine rings is 1. The van der Waals surface area contributed by atoms with Gasteiger partial charge in [-0.3, -0.25) is 9.59 Å². The molecule has 1 aliphatic rings. The Balaban J connectivity index is 1.89. The van der Waals surface area contributed by atoms with E-state index >= 15 is 0 Å². The van der Waals surface area contributed by atoms with Crippen LogP contribution in [0.2, 0.25) is 0 Å². The van der Waals surface area contributed by atoms with Crippen molar-refractivity contribution < 1.29 is 9.59 Å². The third kappa shape index (κ3) is 5.73. The molecule has 1 fully saturated rings. The fourth-order valence-electron chi connectivity index (χ4n) is 2.93. The number of carbonyl (C=O) groups is 2. The Bertz CT molecular complexity index is 616. The van der Waals surface area contributed by atoms with E-state index in [0.29, 0.717) is 6.54 Å². The lowest BCUT2D eigenvalue weighted by atomic mass is 9.96. The predicted molar refractivity (Wildman–Crippen MR) is 106 cm³/mol. The van der Waals surface area contributed by atoms with E-state index in [1.54, 1.807) is 0 Å². The Kier molecular flexibility index (Phi) is 7.03. The van der Waals surface area contributed by atoms with Crippen LogP contribution in [-0.4, -0.2) is 56.0 Å². The molecular formula is C20H32N4O2. The third-order valence-corrected chi connectivity index (χ3v) is 4.66. The Morgan fingerprint density at radius 2 is 1.73 bits per heavy atom. The number of rotatable bonds is 6. The highest BCUT2D eigenvalue weighted by atomic mass is 16.2. The first kappa shape index (κ1) is 20.2. The van der Waals surface area contributed by atoms with Gasteiger partial charge in [-0.05, 0) is 18.7 Å². The molecule has 144 valence electrons. The molecular weight excluding hydrogens is 328 g/mol. The second-order valence-electron chi connectivity index (χ2n) is 7.74. The van der Waals surface area contributed by atoms with Crippen LogP contribution >= 0.6 is 0 Å². The Hall–Kier alpha value is -2.08. The zero-order chi connectivity index (χ0) is 19.2. The van der Waals surface area contributed by atoms with Crippen LogP contribution in [-0.2, 0) is 9.59 Å². The number of para-hydroxylation sites is 2. The molecule has 0 aliphatic carbocycles. The summed E-state index contributed by atoms with van der Waals surface area (Å²) in [4.78, 5) is 28.9. The van der Waals surface area contributed by atoms with Crippen molar-refractivity contribution in [3.05, 3.63) is 24.3 Å². The van der Waals surface area contributed by atoms with Gasteiger partial charge in [0.05, 0.1) is 11.4 Å². The average Bonchev–Trinajstić information content (AvgIpc) is 2.61. The van der Waals surface area contributed by atoms with E-state index in [-0.39, 0.29) is 18.2 Å². The summed E-state index contributed by atoms with van der Waals surface area (Å²) in [6.07, 6.45) is 0.264. The van der Waals surface area contributed by atoms with Crippen molar-refractivity contribution in [3.63, 3.8) is 0 Å². The van der Waals surface area contributed by atoms with Gasteiger partial charge in [0.15, 0.2) is 0 Å². The zero-order valence-electron chi connectivity index (χ0n) is 16.5. The monoisotopic (exact) mass is 360 g/mol. The van der Waals surface area contributed by atoms with Gasteiger partial charge >= 0.3 is 0 Å². The second kappa shape index (κ2) is 9.03. The van der Waals surface area contributed by atoms with E-state index in [2.05, 4.69) is 33.4 Å². The molecule has 1 aromatic rings. The predicted octanol–water partition coefficient (Wildman–Crippen LogP) is 2.32. The van der Waals surface area contributed by atoms with E-state index < -0.39 is 5.41 Å². The summed E-state index contributed by atoms with van der Waals surface area (Å²) in [6.45, 7) is 13.2. The van der Waals surface area contributed by atoms with E-state index in [0.717, 1.165) is 44.1 Å². The summed E-state index contributed by atoms with van der Waals surface area (Å²) in [5.41, 5.74) is 1.46. The van der Waals surface area contributed by atoms with Crippen molar-refractivity contribution in [2.24, 2.45) is 5.41 Å². The maximum atomic E-state index is 12.3. The minimum absolute atomic E-state index is 0.0421. The number of anilines is 2. The van der Waals surface area contributed by atoms with Crippen molar-refractivity contribution in [1.82, 2.24) is 10.2 Å². The van der Waals surface area contributed by atoms with Crippen LogP contribution in [0.4, 0.5) is 11.4 Å². The molecule has 2 N–H and O–H groups in total. The molecule has 2 amide bonds. The van der Waals surface area contributed by atoms with Crippen molar-refractivity contribution in [3.8, 4) is 0 Å². The molecule has 0 unspecified atom stereocenters. The van der Waals surface area contributed by atoms with Gasteiger partial charge in [-0.2, -0.15) is 0 Å². The molecule has 1 saturated heterocycles. The highest BCUT2D eigenvalue weighted by Gasteiger charge is 2.21. The molecule has 0 saturated carbocycles. The number of nitrogens with one attached hydrogen (secondary N) is 2. The number of nitrogens with zero attached hydrogens (tertiary/aromatic N) is 2. The molecule has 6 heteroatoms. The first-order chi connectivity index (χ1) is 12.3. The number of hydrogen-bond donors (Lipinski definition) is 2. The zero-order valence-corrected chi connectivity index (χ0v) is 16.5. The van der Waals surface area contributed by atoms with Crippen LogP contribution in [0.5, 0.6) is 0 Å². The maximum Gasteiger partial charge on any atom is 0.226 e. The van der Waals surface area contributed by atoms with Gasteiger partial charge in [0.25, 0.3) is 0 Å². The molecule has 6 nitrogen and oxygen atoms in total. The number of carbonyl (C=O) groups excluding carboxylic acids is 2. The highest BCUT2D eigenvalue weighted by Crippen LogP contribution is 2.26. The summed E-state index contributed by atoms with van der Waals surface area (Å²) in [5.74, 6) is -0.127. The van der Waals surface area contributed by atoms with Crippen LogP contribution in [0, 0.1) is 5.41 Å². The normalized spacial score (nSPS) is 15.6. The lowest BCUT2D eigenvalue weighted by Crippen LogP contribution is -2.46.